The first-order valence-corrected chi connectivity index (χ1v) is 7.42. The van der Waals surface area contributed by atoms with Crippen molar-refractivity contribution in [2.24, 2.45) is 0 Å². The SMILES string of the molecule is CCCCOC(=O)/C=C(\OC)C(O)C(O)c1ccccc1Cl. The normalized spacial score (nSPS) is 14.3. The quantitative estimate of drug-likeness (QED) is 0.332. The van der Waals surface area contributed by atoms with Gasteiger partial charge in [-0.2, -0.15) is 0 Å². The van der Waals surface area contributed by atoms with Crippen molar-refractivity contribution >= 4 is 17.6 Å². The molecule has 1 aromatic rings. The molecule has 0 amide bonds. The lowest BCUT2D eigenvalue weighted by Gasteiger charge is -2.20. The van der Waals surface area contributed by atoms with Gasteiger partial charge in [0.15, 0.2) is 0 Å². The third-order valence-corrected chi connectivity index (χ3v) is 3.40. The van der Waals surface area contributed by atoms with Crippen molar-refractivity contribution in [3.05, 3.63) is 46.7 Å². The van der Waals surface area contributed by atoms with Gasteiger partial charge in [0.05, 0.1) is 19.8 Å². The molecule has 1 rings (SSSR count). The maximum absolute atomic E-state index is 11.6. The Kier molecular flexibility index (Phi) is 7.95. The number of hydrogen-bond acceptors (Lipinski definition) is 5. The number of hydrogen-bond donors (Lipinski definition) is 2. The number of unbranched alkanes of at least 4 members (excludes halogenated alkanes) is 1. The molecular formula is C16H21ClO5. The van der Waals surface area contributed by atoms with Crippen LogP contribution in [0.4, 0.5) is 0 Å². The molecular weight excluding hydrogens is 308 g/mol. The number of halogens is 1. The molecule has 0 aromatic heterocycles. The Balaban J connectivity index is 2.81. The zero-order valence-electron chi connectivity index (χ0n) is 12.7. The topological polar surface area (TPSA) is 76.0 Å². The third kappa shape index (κ3) is 5.33. The van der Waals surface area contributed by atoms with E-state index in [0.29, 0.717) is 17.2 Å². The summed E-state index contributed by atoms with van der Waals surface area (Å²) in [5.41, 5.74) is 0.346. The number of aliphatic hydroxyl groups excluding tert-OH is 2. The van der Waals surface area contributed by atoms with Crippen LogP contribution in [0.2, 0.25) is 5.02 Å². The molecule has 1 aromatic carbocycles. The molecule has 0 aliphatic rings. The standard InChI is InChI=1S/C16H21ClO5/c1-3-4-9-22-14(18)10-13(21-2)16(20)15(19)11-7-5-6-8-12(11)17/h5-8,10,15-16,19-20H,3-4,9H2,1-2H3/b13-10-. The molecule has 6 heteroatoms. The number of aliphatic hydroxyl groups is 2. The van der Waals surface area contributed by atoms with Crippen molar-refractivity contribution in [1.29, 1.82) is 0 Å². The number of carbonyl (C=O) groups excluding carboxylic acids is 1. The van der Waals surface area contributed by atoms with Gasteiger partial charge in [-0.3, -0.25) is 0 Å². The van der Waals surface area contributed by atoms with E-state index >= 15 is 0 Å². The van der Waals surface area contributed by atoms with Crippen molar-refractivity contribution < 1.29 is 24.5 Å². The van der Waals surface area contributed by atoms with Crippen molar-refractivity contribution in [1.82, 2.24) is 0 Å². The van der Waals surface area contributed by atoms with E-state index in [0.717, 1.165) is 18.9 Å². The Bertz CT molecular complexity index is 515. The van der Waals surface area contributed by atoms with Crippen LogP contribution in [-0.2, 0) is 14.3 Å². The Morgan fingerprint density at radius 2 is 2.05 bits per heavy atom. The zero-order valence-corrected chi connectivity index (χ0v) is 13.4. The van der Waals surface area contributed by atoms with Crippen LogP contribution in [-0.4, -0.2) is 36.0 Å². The van der Waals surface area contributed by atoms with Gasteiger partial charge in [-0.05, 0) is 12.5 Å². The highest BCUT2D eigenvalue weighted by Gasteiger charge is 2.25. The van der Waals surface area contributed by atoms with Gasteiger partial charge in [0.2, 0.25) is 0 Å². The van der Waals surface area contributed by atoms with Gasteiger partial charge in [-0.1, -0.05) is 43.1 Å². The van der Waals surface area contributed by atoms with Crippen LogP contribution in [0.15, 0.2) is 36.1 Å². The van der Waals surface area contributed by atoms with Crippen LogP contribution in [0.1, 0.15) is 31.4 Å². The van der Waals surface area contributed by atoms with Gasteiger partial charge in [0.1, 0.15) is 18.0 Å². The maximum Gasteiger partial charge on any atom is 0.334 e. The Labute approximate surface area is 135 Å². The summed E-state index contributed by atoms with van der Waals surface area (Å²) in [6.07, 6.45) is -0.0540. The van der Waals surface area contributed by atoms with Crippen LogP contribution in [0.3, 0.4) is 0 Å². The molecule has 0 fully saturated rings. The second kappa shape index (κ2) is 9.46. The van der Waals surface area contributed by atoms with Crippen LogP contribution in [0.25, 0.3) is 0 Å². The highest BCUT2D eigenvalue weighted by atomic mass is 35.5. The van der Waals surface area contributed by atoms with Crippen molar-refractivity contribution in [3.63, 3.8) is 0 Å². The monoisotopic (exact) mass is 328 g/mol. The fraction of sp³-hybridized carbons (Fsp3) is 0.438. The van der Waals surface area contributed by atoms with Gasteiger partial charge in [-0.25, -0.2) is 4.79 Å². The number of benzene rings is 1. The fourth-order valence-electron chi connectivity index (χ4n) is 1.78. The molecule has 5 nitrogen and oxygen atoms in total. The minimum absolute atomic E-state index is 0.0890. The van der Waals surface area contributed by atoms with E-state index in [4.69, 9.17) is 21.1 Å². The predicted octanol–water partition coefficient (Wildman–Crippen LogP) is 2.61. The number of rotatable bonds is 8. The smallest absolute Gasteiger partial charge is 0.334 e. The molecule has 0 bridgehead atoms. The summed E-state index contributed by atoms with van der Waals surface area (Å²) in [4.78, 5) is 11.6. The lowest BCUT2D eigenvalue weighted by atomic mass is 10.0. The molecule has 0 saturated carbocycles. The molecule has 0 radical (unpaired) electrons. The second-order valence-electron chi connectivity index (χ2n) is 4.68. The van der Waals surface area contributed by atoms with Crippen LogP contribution >= 0.6 is 11.6 Å². The van der Waals surface area contributed by atoms with E-state index < -0.39 is 18.2 Å². The molecule has 0 saturated heterocycles. The first-order chi connectivity index (χ1) is 10.5. The van der Waals surface area contributed by atoms with Crippen molar-refractivity contribution in [3.8, 4) is 0 Å². The van der Waals surface area contributed by atoms with E-state index in [2.05, 4.69) is 0 Å². The van der Waals surface area contributed by atoms with Crippen molar-refractivity contribution in [2.45, 2.75) is 32.0 Å². The fourth-order valence-corrected chi connectivity index (χ4v) is 2.03. The Morgan fingerprint density at radius 3 is 2.64 bits per heavy atom. The predicted molar refractivity (Wildman–Crippen MR) is 83.4 cm³/mol. The molecule has 2 N–H and O–H groups in total. The van der Waals surface area contributed by atoms with Crippen LogP contribution in [0.5, 0.6) is 0 Å². The lowest BCUT2D eigenvalue weighted by molar-refractivity contribution is -0.138. The summed E-state index contributed by atoms with van der Waals surface area (Å²) >= 11 is 5.98. The molecule has 0 spiro atoms. The highest BCUT2D eigenvalue weighted by molar-refractivity contribution is 6.31. The van der Waals surface area contributed by atoms with E-state index in [1.54, 1.807) is 24.3 Å². The highest BCUT2D eigenvalue weighted by Crippen LogP contribution is 2.28. The van der Waals surface area contributed by atoms with Crippen molar-refractivity contribution in [2.75, 3.05) is 13.7 Å². The van der Waals surface area contributed by atoms with Crippen LogP contribution < -0.4 is 0 Å². The summed E-state index contributed by atoms with van der Waals surface area (Å²) in [6, 6.07) is 6.58. The summed E-state index contributed by atoms with van der Waals surface area (Å²) < 4.78 is 9.94. The zero-order chi connectivity index (χ0) is 16.5. The van der Waals surface area contributed by atoms with E-state index in [1.165, 1.54) is 7.11 Å². The Hall–Kier alpha value is -1.56. The van der Waals surface area contributed by atoms with E-state index in [1.807, 2.05) is 6.92 Å². The largest absolute Gasteiger partial charge is 0.498 e. The first-order valence-electron chi connectivity index (χ1n) is 7.04. The third-order valence-electron chi connectivity index (χ3n) is 3.05. The molecule has 2 atom stereocenters. The average molecular weight is 329 g/mol. The summed E-state index contributed by atoms with van der Waals surface area (Å²) in [5.74, 6) is -0.718. The number of carbonyl (C=O) groups is 1. The molecule has 122 valence electrons. The molecule has 0 aliphatic carbocycles. The summed E-state index contributed by atoms with van der Waals surface area (Å²) in [7, 11) is 1.30. The minimum Gasteiger partial charge on any atom is -0.498 e. The van der Waals surface area contributed by atoms with Gasteiger partial charge < -0.3 is 19.7 Å². The summed E-state index contributed by atoms with van der Waals surface area (Å²) in [5, 5.41) is 20.7. The van der Waals surface area contributed by atoms with E-state index in [9.17, 15) is 15.0 Å². The second-order valence-corrected chi connectivity index (χ2v) is 5.09. The first kappa shape index (κ1) is 18.5. The molecule has 0 aliphatic heterocycles. The van der Waals surface area contributed by atoms with Gasteiger partial charge in [0.25, 0.3) is 0 Å². The number of methoxy groups -OCH3 is 1. The van der Waals surface area contributed by atoms with Gasteiger partial charge >= 0.3 is 5.97 Å². The maximum atomic E-state index is 11.6. The minimum atomic E-state index is -1.43. The number of esters is 1. The lowest BCUT2D eigenvalue weighted by Crippen LogP contribution is -2.23. The van der Waals surface area contributed by atoms with Gasteiger partial charge in [-0.15, -0.1) is 0 Å². The summed E-state index contributed by atoms with van der Waals surface area (Å²) in [6.45, 7) is 2.28. The Morgan fingerprint density at radius 1 is 1.36 bits per heavy atom. The van der Waals surface area contributed by atoms with E-state index in [-0.39, 0.29) is 5.76 Å². The number of ether oxygens (including phenoxy) is 2. The molecule has 0 heterocycles. The average Bonchev–Trinajstić information content (AvgIpc) is 2.52. The van der Waals surface area contributed by atoms with Gasteiger partial charge in [0, 0.05) is 10.6 Å². The van der Waals surface area contributed by atoms with Crippen LogP contribution in [0, 0.1) is 0 Å². The molecule has 22 heavy (non-hydrogen) atoms. The molecule has 2 unspecified atom stereocenters.